The molecule has 0 amide bonds. The lowest BCUT2D eigenvalue weighted by Crippen LogP contribution is -2.24. The predicted molar refractivity (Wildman–Crippen MR) is 49.3 cm³/mol. The molecule has 0 saturated heterocycles. The van der Waals surface area contributed by atoms with Gasteiger partial charge in [0.05, 0.1) is 0 Å². The topological polar surface area (TPSA) is 4.93 Å². The van der Waals surface area contributed by atoms with Gasteiger partial charge in [0.2, 0.25) is 0 Å². The Morgan fingerprint density at radius 3 is 2.21 bits per heavy atom. The molecule has 1 heterocycles. The van der Waals surface area contributed by atoms with Crippen molar-refractivity contribution >= 4 is 0 Å². The van der Waals surface area contributed by atoms with E-state index in [0.29, 0.717) is 0 Å². The van der Waals surface area contributed by atoms with Crippen LogP contribution in [0.15, 0.2) is 18.3 Å². The van der Waals surface area contributed by atoms with Gasteiger partial charge in [0.1, 0.15) is 6.04 Å². The highest BCUT2D eigenvalue weighted by atomic mass is 19.4. The molecular formula is C10H14F3N. The average molecular weight is 205 g/mol. The van der Waals surface area contributed by atoms with Crippen molar-refractivity contribution in [3.8, 4) is 0 Å². The zero-order valence-electron chi connectivity index (χ0n) is 8.47. The van der Waals surface area contributed by atoms with E-state index in [1.54, 1.807) is 12.1 Å². The molecule has 0 unspecified atom stereocenters. The van der Waals surface area contributed by atoms with Gasteiger partial charge < -0.3 is 4.57 Å². The molecule has 0 saturated carbocycles. The lowest BCUT2D eigenvalue weighted by Gasteiger charge is -2.21. The van der Waals surface area contributed by atoms with Crippen LogP contribution in [0.1, 0.15) is 38.4 Å². The molecule has 0 bridgehead atoms. The molecule has 0 fully saturated rings. The van der Waals surface area contributed by atoms with E-state index < -0.39 is 12.2 Å². The fourth-order valence-corrected chi connectivity index (χ4v) is 1.41. The maximum atomic E-state index is 12.4. The molecule has 0 aromatic carbocycles. The Labute approximate surface area is 81.5 Å². The summed E-state index contributed by atoms with van der Waals surface area (Å²) >= 11 is 0. The Hall–Kier alpha value is -0.930. The summed E-state index contributed by atoms with van der Waals surface area (Å²) in [5, 5.41) is 0. The Morgan fingerprint density at radius 1 is 1.21 bits per heavy atom. The van der Waals surface area contributed by atoms with E-state index in [0.717, 1.165) is 5.69 Å². The van der Waals surface area contributed by atoms with Gasteiger partial charge in [-0.3, -0.25) is 0 Å². The van der Waals surface area contributed by atoms with E-state index in [9.17, 15) is 13.2 Å². The Morgan fingerprint density at radius 2 is 1.79 bits per heavy atom. The van der Waals surface area contributed by atoms with Gasteiger partial charge in [-0.05, 0) is 25.0 Å². The summed E-state index contributed by atoms with van der Waals surface area (Å²) in [5.41, 5.74) is 0.717. The lowest BCUT2D eigenvalue weighted by molar-refractivity contribution is -0.163. The summed E-state index contributed by atoms with van der Waals surface area (Å²) in [6.45, 7) is 4.94. The van der Waals surface area contributed by atoms with Crippen LogP contribution in [0.4, 0.5) is 13.2 Å². The second-order valence-electron chi connectivity index (χ2n) is 3.71. The van der Waals surface area contributed by atoms with Gasteiger partial charge >= 0.3 is 6.18 Å². The Bertz CT molecular complexity index is 299. The molecule has 80 valence electrons. The Kier molecular flexibility index (Phi) is 2.92. The molecule has 0 spiro atoms. The average Bonchev–Trinajstić information content (AvgIpc) is 2.48. The second kappa shape index (κ2) is 3.67. The molecule has 1 rings (SSSR count). The molecule has 4 heteroatoms. The van der Waals surface area contributed by atoms with Crippen LogP contribution in [0.25, 0.3) is 0 Å². The second-order valence-corrected chi connectivity index (χ2v) is 3.71. The van der Waals surface area contributed by atoms with Gasteiger partial charge in [0, 0.05) is 11.9 Å². The number of aromatic nitrogens is 1. The standard InChI is InChI=1S/C10H14F3N/c1-7(2)9-5-4-6-14(9)8(3)10(11,12)13/h4-8H,1-3H3/t8-/m1/s1. The maximum absolute atomic E-state index is 12.4. The van der Waals surface area contributed by atoms with Crippen LogP contribution in [0, 0.1) is 0 Å². The summed E-state index contributed by atoms with van der Waals surface area (Å²) in [7, 11) is 0. The van der Waals surface area contributed by atoms with E-state index >= 15 is 0 Å². The third-order valence-electron chi connectivity index (χ3n) is 2.29. The molecule has 0 aliphatic carbocycles. The van der Waals surface area contributed by atoms with Crippen LogP contribution < -0.4 is 0 Å². The van der Waals surface area contributed by atoms with E-state index in [-0.39, 0.29) is 5.92 Å². The normalized spacial score (nSPS) is 14.8. The lowest BCUT2D eigenvalue weighted by atomic mass is 10.1. The molecule has 14 heavy (non-hydrogen) atoms. The zero-order chi connectivity index (χ0) is 10.9. The minimum absolute atomic E-state index is 0.106. The quantitative estimate of drug-likeness (QED) is 0.693. The maximum Gasteiger partial charge on any atom is 0.408 e. The van der Waals surface area contributed by atoms with Crippen LogP contribution in [-0.4, -0.2) is 10.7 Å². The largest absolute Gasteiger partial charge is 0.408 e. The van der Waals surface area contributed by atoms with Gasteiger partial charge in [0.25, 0.3) is 0 Å². The summed E-state index contributed by atoms with van der Waals surface area (Å²) in [5.74, 6) is 0.106. The van der Waals surface area contributed by atoms with Gasteiger partial charge in [-0.2, -0.15) is 13.2 Å². The highest BCUT2D eigenvalue weighted by Gasteiger charge is 2.37. The minimum Gasteiger partial charge on any atom is -0.339 e. The first kappa shape index (κ1) is 11.1. The number of hydrogen-bond donors (Lipinski definition) is 0. The van der Waals surface area contributed by atoms with Crippen molar-refractivity contribution in [1.29, 1.82) is 0 Å². The molecule has 1 atom stereocenters. The molecule has 0 aliphatic rings. The number of halogens is 3. The van der Waals surface area contributed by atoms with E-state index in [4.69, 9.17) is 0 Å². The van der Waals surface area contributed by atoms with Crippen LogP contribution in [-0.2, 0) is 0 Å². The molecular weight excluding hydrogens is 191 g/mol. The number of hydrogen-bond acceptors (Lipinski definition) is 0. The Balaban J connectivity index is 3.01. The number of nitrogens with zero attached hydrogens (tertiary/aromatic N) is 1. The van der Waals surface area contributed by atoms with Crippen LogP contribution in [0.2, 0.25) is 0 Å². The molecule has 0 radical (unpaired) electrons. The van der Waals surface area contributed by atoms with Gasteiger partial charge in [0.15, 0.2) is 0 Å². The fraction of sp³-hybridized carbons (Fsp3) is 0.600. The molecule has 0 N–H and O–H groups in total. The predicted octanol–water partition coefficient (Wildman–Crippen LogP) is 3.73. The summed E-state index contributed by atoms with van der Waals surface area (Å²) in [6, 6.07) is 1.93. The minimum atomic E-state index is -4.18. The smallest absolute Gasteiger partial charge is 0.339 e. The van der Waals surface area contributed by atoms with Gasteiger partial charge in [-0.25, -0.2) is 0 Å². The zero-order valence-corrected chi connectivity index (χ0v) is 8.47. The van der Waals surface area contributed by atoms with Crippen molar-refractivity contribution in [3.05, 3.63) is 24.0 Å². The fourth-order valence-electron chi connectivity index (χ4n) is 1.41. The SMILES string of the molecule is CC(C)c1cccn1[C@H](C)C(F)(F)F. The number of rotatable bonds is 2. The van der Waals surface area contributed by atoms with Gasteiger partial charge in [-0.15, -0.1) is 0 Å². The van der Waals surface area contributed by atoms with Crippen molar-refractivity contribution in [3.63, 3.8) is 0 Å². The third kappa shape index (κ3) is 2.11. The highest BCUT2D eigenvalue weighted by Crippen LogP contribution is 2.32. The molecule has 0 aliphatic heterocycles. The summed E-state index contributed by atoms with van der Waals surface area (Å²) in [6.07, 6.45) is -2.70. The monoisotopic (exact) mass is 205 g/mol. The van der Waals surface area contributed by atoms with Crippen LogP contribution in [0.3, 0.4) is 0 Å². The van der Waals surface area contributed by atoms with Crippen molar-refractivity contribution in [2.24, 2.45) is 0 Å². The third-order valence-corrected chi connectivity index (χ3v) is 2.29. The van der Waals surface area contributed by atoms with Crippen molar-refractivity contribution in [2.45, 2.75) is 38.9 Å². The first-order valence-electron chi connectivity index (χ1n) is 4.57. The van der Waals surface area contributed by atoms with Crippen LogP contribution >= 0.6 is 0 Å². The molecule has 1 aromatic rings. The van der Waals surface area contributed by atoms with Crippen molar-refractivity contribution in [2.75, 3.05) is 0 Å². The highest BCUT2D eigenvalue weighted by molar-refractivity contribution is 5.12. The van der Waals surface area contributed by atoms with E-state index in [1.165, 1.54) is 17.7 Å². The van der Waals surface area contributed by atoms with Gasteiger partial charge in [-0.1, -0.05) is 13.8 Å². The summed E-state index contributed by atoms with van der Waals surface area (Å²) in [4.78, 5) is 0. The van der Waals surface area contributed by atoms with Crippen LogP contribution in [0.5, 0.6) is 0 Å². The first-order chi connectivity index (χ1) is 6.34. The molecule has 1 aromatic heterocycles. The first-order valence-corrected chi connectivity index (χ1v) is 4.57. The van der Waals surface area contributed by atoms with Crippen molar-refractivity contribution in [1.82, 2.24) is 4.57 Å². The number of alkyl halides is 3. The van der Waals surface area contributed by atoms with E-state index in [2.05, 4.69) is 0 Å². The van der Waals surface area contributed by atoms with E-state index in [1.807, 2.05) is 13.8 Å². The van der Waals surface area contributed by atoms with Crippen molar-refractivity contribution < 1.29 is 13.2 Å². The molecule has 1 nitrogen and oxygen atoms in total. The summed E-state index contributed by atoms with van der Waals surface area (Å²) < 4.78 is 38.6.